The van der Waals surface area contributed by atoms with E-state index < -0.39 is 10.0 Å². The van der Waals surface area contributed by atoms with Crippen LogP contribution < -0.4 is 5.32 Å². The van der Waals surface area contributed by atoms with Gasteiger partial charge in [0.15, 0.2) is 0 Å². The smallest absolute Gasteiger partial charge is 0.245 e. The number of hydrogen-bond donors (Lipinski definition) is 1. The van der Waals surface area contributed by atoms with Gasteiger partial charge in [-0.2, -0.15) is 4.31 Å². The summed E-state index contributed by atoms with van der Waals surface area (Å²) in [6, 6.07) is 16.6. The first kappa shape index (κ1) is 23.4. The fourth-order valence-electron chi connectivity index (χ4n) is 4.25. The van der Waals surface area contributed by atoms with Gasteiger partial charge in [0.2, 0.25) is 15.9 Å². The molecule has 1 fully saturated rings. The summed E-state index contributed by atoms with van der Waals surface area (Å²) in [5.41, 5.74) is 2.53. The molecule has 2 atom stereocenters. The molecule has 0 spiro atoms. The number of aromatic nitrogens is 1. The molecule has 33 heavy (non-hydrogen) atoms. The average Bonchev–Trinajstić information content (AvgIpc) is 2.83. The summed E-state index contributed by atoms with van der Waals surface area (Å²) in [5.74, 6) is -0.0590. The third-order valence-corrected chi connectivity index (χ3v) is 8.22. The lowest BCUT2D eigenvalue weighted by atomic mass is 10.1. The SMILES string of the molecule is Cc1cnc2c(S(=O)(=O)N3CCN(C(C)C(=O)NC(C)c4ccccc4)CC3)cccc2c1. The van der Waals surface area contributed by atoms with E-state index in [1.54, 1.807) is 18.3 Å². The number of rotatable bonds is 6. The summed E-state index contributed by atoms with van der Waals surface area (Å²) in [7, 11) is -3.68. The predicted octanol–water partition coefficient (Wildman–Crippen LogP) is 3.12. The lowest BCUT2D eigenvalue weighted by molar-refractivity contribution is -0.127. The highest BCUT2D eigenvalue weighted by Crippen LogP contribution is 2.26. The molecule has 3 aromatic rings. The van der Waals surface area contributed by atoms with E-state index in [1.807, 2.05) is 68.1 Å². The Morgan fingerprint density at radius 1 is 1.00 bits per heavy atom. The lowest BCUT2D eigenvalue weighted by Crippen LogP contribution is -2.55. The topological polar surface area (TPSA) is 82.6 Å². The Kier molecular flexibility index (Phi) is 6.78. The molecule has 0 bridgehead atoms. The van der Waals surface area contributed by atoms with E-state index in [9.17, 15) is 13.2 Å². The van der Waals surface area contributed by atoms with Crippen LogP contribution in [0.15, 0.2) is 65.7 Å². The van der Waals surface area contributed by atoms with Gasteiger partial charge in [0.25, 0.3) is 0 Å². The minimum atomic E-state index is -3.68. The monoisotopic (exact) mass is 466 g/mol. The molecular formula is C25H30N4O3S. The molecule has 4 rings (SSSR count). The van der Waals surface area contributed by atoms with E-state index in [4.69, 9.17) is 0 Å². The van der Waals surface area contributed by atoms with Crippen LogP contribution in [0.25, 0.3) is 10.9 Å². The zero-order valence-electron chi connectivity index (χ0n) is 19.2. The summed E-state index contributed by atoms with van der Waals surface area (Å²) in [6.45, 7) is 7.41. The van der Waals surface area contributed by atoms with Gasteiger partial charge in [-0.1, -0.05) is 42.5 Å². The Morgan fingerprint density at radius 2 is 1.70 bits per heavy atom. The van der Waals surface area contributed by atoms with Crippen LogP contribution in [0.3, 0.4) is 0 Å². The largest absolute Gasteiger partial charge is 0.348 e. The molecule has 1 aliphatic rings. The maximum atomic E-state index is 13.4. The molecule has 1 aliphatic heterocycles. The molecule has 1 N–H and O–H groups in total. The third kappa shape index (κ3) is 4.93. The van der Waals surface area contributed by atoms with Crippen LogP contribution in [0.2, 0.25) is 0 Å². The highest BCUT2D eigenvalue weighted by atomic mass is 32.2. The molecule has 2 heterocycles. The number of hydrogen-bond acceptors (Lipinski definition) is 5. The summed E-state index contributed by atoms with van der Waals surface area (Å²) in [6.07, 6.45) is 1.69. The molecule has 2 aromatic carbocycles. The molecule has 1 amide bonds. The molecule has 7 nitrogen and oxygen atoms in total. The number of benzene rings is 2. The number of aryl methyl sites for hydroxylation is 1. The van der Waals surface area contributed by atoms with E-state index >= 15 is 0 Å². The number of fused-ring (bicyclic) bond motifs is 1. The van der Waals surface area contributed by atoms with Gasteiger partial charge < -0.3 is 5.32 Å². The molecule has 8 heteroatoms. The maximum Gasteiger partial charge on any atom is 0.245 e. The van der Waals surface area contributed by atoms with Gasteiger partial charge in [0.1, 0.15) is 4.90 Å². The second-order valence-corrected chi connectivity index (χ2v) is 10.5. The number of carbonyl (C=O) groups excluding carboxylic acids is 1. The number of amides is 1. The molecule has 174 valence electrons. The first-order valence-electron chi connectivity index (χ1n) is 11.2. The van der Waals surface area contributed by atoms with E-state index in [1.165, 1.54) is 4.31 Å². The van der Waals surface area contributed by atoms with Crippen LogP contribution in [0, 0.1) is 6.92 Å². The zero-order valence-corrected chi connectivity index (χ0v) is 20.0. The first-order valence-corrected chi connectivity index (χ1v) is 12.7. The number of nitrogens with zero attached hydrogens (tertiary/aromatic N) is 3. The fourth-order valence-corrected chi connectivity index (χ4v) is 5.83. The van der Waals surface area contributed by atoms with Crippen molar-refractivity contribution in [2.45, 2.75) is 37.8 Å². The highest BCUT2D eigenvalue weighted by molar-refractivity contribution is 7.89. The Bertz CT molecular complexity index is 1240. The quantitative estimate of drug-likeness (QED) is 0.604. The van der Waals surface area contributed by atoms with E-state index in [-0.39, 0.29) is 22.9 Å². The van der Waals surface area contributed by atoms with Gasteiger partial charge in [-0.05, 0) is 44.0 Å². The number of piperazine rings is 1. The second-order valence-electron chi connectivity index (χ2n) is 8.60. The van der Waals surface area contributed by atoms with Gasteiger partial charge in [-0.15, -0.1) is 0 Å². The van der Waals surface area contributed by atoms with Crippen molar-refractivity contribution in [2.24, 2.45) is 0 Å². The van der Waals surface area contributed by atoms with Crippen molar-refractivity contribution in [2.75, 3.05) is 26.2 Å². The zero-order chi connectivity index (χ0) is 23.6. The predicted molar refractivity (Wildman–Crippen MR) is 129 cm³/mol. The molecule has 0 saturated carbocycles. The first-order chi connectivity index (χ1) is 15.8. The molecule has 1 aromatic heterocycles. The Balaban J connectivity index is 1.41. The second kappa shape index (κ2) is 9.59. The van der Waals surface area contributed by atoms with Crippen molar-refractivity contribution in [3.8, 4) is 0 Å². The van der Waals surface area contributed by atoms with Crippen molar-refractivity contribution >= 4 is 26.8 Å². The molecule has 0 radical (unpaired) electrons. The summed E-state index contributed by atoms with van der Waals surface area (Å²) >= 11 is 0. The van der Waals surface area contributed by atoms with Crippen molar-refractivity contribution < 1.29 is 13.2 Å². The standard InChI is InChI=1S/C25H30N4O3S/c1-18-16-22-10-7-11-23(24(22)26-17-18)33(31,32)29-14-12-28(13-15-29)20(3)25(30)27-19(2)21-8-5-4-6-9-21/h4-11,16-17,19-20H,12-15H2,1-3H3,(H,27,30). The number of nitrogens with one attached hydrogen (secondary N) is 1. The third-order valence-electron chi connectivity index (χ3n) is 6.29. The minimum Gasteiger partial charge on any atom is -0.348 e. The molecule has 1 saturated heterocycles. The van der Waals surface area contributed by atoms with Gasteiger partial charge in [-0.25, -0.2) is 8.42 Å². The normalized spacial score (nSPS) is 17.5. The number of para-hydroxylation sites is 1. The number of carbonyl (C=O) groups is 1. The summed E-state index contributed by atoms with van der Waals surface area (Å²) < 4.78 is 28.3. The van der Waals surface area contributed by atoms with Crippen molar-refractivity contribution in [3.63, 3.8) is 0 Å². The molecular weight excluding hydrogens is 436 g/mol. The van der Waals surface area contributed by atoms with E-state index in [0.717, 1.165) is 16.5 Å². The van der Waals surface area contributed by atoms with Crippen LogP contribution in [0.1, 0.15) is 31.0 Å². The highest BCUT2D eigenvalue weighted by Gasteiger charge is 2.33. The van der Waals surface area contributed by atoms with Crippen LogP contribution in [-0.2, 0) is 14.8 Å². The van der Waals surface area contributed by atoms with Gasteiger partial charge in [0.05, 0.1) is 17.6 Å². The summed E-state index contributed by atoms with van der Waals surface area (Å²) in [4.78, 5) is 19.5. The molecule has 2 unspecified atom stereocenters. The van der Waals surface area contributed by atoms with Crippen molar-refractivity contribution in [1.29, 1.82) is 0 Å². The van der Waals surface area contributed by atoms with Crippen LogP contribution in [-0.4, -0.2) is 60.7 Å². The Morgan fingerprint density at radius 3 is 2.39 bits per heavy atom. The average molecular weight is 467 g/mol. The summed E-state index contributed by atoms with van der Waals surface area (Å²) in [5, 5.41) is 3.88. The van der Waals surface area contributed by atoms with Crippen molar-refractivity contribution in [3.05, 3.63) is 71.9 Å². The number of sulfonamides is 1. The number of pyridine rings is 1. The van der Waals surface area contributed by atoms with Crippen LogP contribution in [0.4, 0.5) is 0 Å². The van der Waals surface area contributed by atoms with E-state index in [2.05, 4.69) is 10.3 Å². The maximum absolute atomic E-state index is 13.4. The minimum absolute atomic E-state index is 0.0590. The van der Waals surface area contributed by atoms with Gasteiger partial charge in [-0.3, -0.25) is 14.7 Å². The molecule has 0 aliphatic carbocycles. The van der Waals surface area contributed by atoms with Crippen LogP contribution in [0.5, 0.6) is 0 Å². The lowest BCUT2D eigenvalue weighted by Gasteiger charge is -2.37. The van der Waals surface area contributed by atoms with Crippen LogP contribution >= 0.6 is 0 Å². The van der Waals surface area contributed by atoms with E-state index in [0.29, 0.717) is 31.7 Å². The fraction of sp³-hybridized carbons (Fsp3) is 0.360. The van der Waals surface area contributed by atoms with Gasteiger partial charge >= 0.3 is 0 Å². The van der Waals surface area contributed by atoms with Gasteiger partial charge in [0, 0.05) is 37.8 Å². The Hall–Kier alpha value is -2.81. The Labute approximate surface area is 195 Å². The van der Waals surface area contributed by atoms with Crippen molar-refractivity contribution in [1.82, 2.24) is 19.5 Å².